The van der Waals surface area contributed by atoms with Crippen molar-refractivity contribution in [1.82, 2.24) is 20.0 Å². The quantitative estimate of drug-likeness (QED) is 0.662. The van der Waals surface area contributed by atoms with Crippen molar-refractivity contribution in [2.45, 2.75) is 31.7 Å². The van der Waals surface area contributed by atoms with Crippen LogP contribution in [0.25, 0.3) is 10.9 Å². The number of aromatic nitrogens is 2. The van der Waals surface area contributed by atoms with Crippen LogP contribution in [0.3, 0.4) is 0 Å². The number of carbonyl (C=O) groups excluding carboxylic acids is 1. The molecule has 2 aliphatic heterocycles. The number of carbonyl (C=O) groups is 1. The van der Waals surface area contributed by atoms with Crippen molar-refractivity contribution >= 4 is 28.4 Å². The van der Waals surface area contributed by atoms with Gasteiger partial charge in [-0.05, 0) is 61.6 Å². The number of hydrogen-bond acceptors (Lipinski definition) is 3. The third kappa shape index (κ3) is 3.48. The number of aromatic amines is 1. The summed E-state index contributed by atoms with van der Waals surface area (Å²) >= 11 is 5.98. The van der Waals surface area contributed by atoms with Crippen LogP contribution in [0.1, 0.15) is 40.4 Å². The Morgan fingerprint density at radius 1 is 1.17 bits per heavy atom. The Morgan fingerprint density at radius 2 is 2.03 bits per heavy atom. The Morgan fingerprint density at radius 3 is 2.87 bits per heavy atom. The van der Waals surface area contributed by atoms with E-state index in [1.165, 1.54) is 6.07 Å². The first-order valence-corrected chi connectivity index (χ1v) is 10.8. The molecular weight excluding hydrogens is 403 g/mol. The Labute approximate surface area is 179 Å². The molecule has 3 heterocycles. The zero-order chi connectivity index (χ0) is 20.8. The smallest absolute Gasteiger partial charge is 0.253 e. The highest BCUT2D eigenvalue weighted by Gasteiger charge is 2.35. The number of nitrogens with zero attached hydrogens (tertiary/aromatic N) is 3. The average Bonchev–Trinajstić information content (AvgIpc) is 3.14. The molecule has 0 saturated carbocycles. The molecule has 30 heavy (non-hydrogen) atoms. The Bertz CT molecular complexity index is 1110. The van der Waals surface area contributed by atoms with E-state index in [0.717, 1.165) is 60.2 Å². The van der Waals surface area contributed by atoms with E-state index in [1.807, 2.05) is 36.1 Å². The van der Waals surface area contributed by atoms with Crippen molar-refractivity contribution in [3.63, 3.8) is 0 Å². The number of rotatable bonds is 2. The van der Waals surface area contributed by atoms with Crippen LogP contribution in [-0.4, -0.2) is 58.1 Å². The van der Waals surface area contributed by atoms with E-state index in [2.05, 4.69) is 15.1 Å². The van der Waals surface area contributed by atoms with E-state index in [0.29, 0.717) is 18.5 Å². The number of aryl methyl sites for hydroxylation is 1. The zero-order valence-corrected chi connectivity index (χ0v) is 17.6. The van der Waals surface area contributed by atoms with Crippen molar-refractivity contribution in [3.8, 4) is 0 Å². The number of nitrogens with one attached hydrogen (secondary N) is 1. The molecule has 0 unspecified atom stereocenters. The van der Waals surface area contributed by atoms with Gasteiger partial charge in [0.1, 0.15) is 5.82 Å². The Hall–Kier alpha value is -2.44. The molecule has 2 saturated heterocycles. The van der Waals surface area contributed by atoms with Crippen LogP contribution in [-0.2, 0) is 0 Å². The maximum atomic E-state index is 13.5. The second-order valence-electron chi connectivity index (χ2n) is 8.42. The molecule has 2 aliphatic rings. The summed E-state index contributed by atoms with van der Waals surface area (Å²) in [6, 6.07) is 11.2. The predicted molar refractivity (Wildman–Crippen MR) is 115 cm³/mol. The fraction of sp³-hybridized carbons (Fsp3) is 0.391. The fourth-order valence-corrected chi connectivity index (χ4v) is 5.05. The molecule has 1 N–H and O–H groups in total. The van der Waals surface area contributed by atoms with E-state index in [9.17, 15) is 9.18 Å². The highest BCUT2D eigenvalue weighted by atomic mass is 35.5. The predicted octanol–water partition coefficient (Wildman–Crippen LogP) is 4.37. The minimum atomic E-state index is -0.370. The molecule has 1 aromatic heterocycles. The Kier molecular flexibility index (Phi) is 4.99. The normalized spacial score (nSPS) is 22.3. The molecule has 2 fully saturated rings. The molecular formula is C23H24ClFN4O. The zero-order valence-electron chi connectivity index (χ0n) is 16.9. The second kappa shape index (κ2) is 7.67. The van der Waals surface area contributed by atoms with Crippen LogP contribution in [0.2, 0.25) is 5.02 Å². The van der Waals surface area contributed by atoms with Crippen LogP contribution in [0.15, 0.2) is 36.4 Å². The molecule has 7 heteroatoms. The number of halogens is 2. The number of piperazine rings is 1. The van der Waals surface area contributed by atoms with Gasteiger partial charge >= 0.3 is 0 Å². The minimum absolute atomic E-state index is 0.0876. The lowest BCUT2D eigenvalue weighted by Crippen LogP contribution is -2.57. The molecule has 0 bridgehead atoms. The first-order chi connectivity index (χ1) is 14.5. The minimum Gasteiger partial charge on any atom is -0.336 e. The largest absolute Gasteiger partial charge is 0.336 e. The monoisotopic (exact) mass is 426 g/mol. The third-order valence-corrected chi connectivity index (χ3v) is 6.90. The van der Waals surface area contributed by atoms with Gasteiger partial charge in [-0.15, -0.1) is 0 Å². The molecule has 5 nitrogen and oxygen atoms in total. The van der Waals surface area contributed by atoms with Gasteiger partial charge in [-0.3, -0.25) is 14.8 Å². The standard InChI is InChI=1S/C23H24ClFN4O/c1-14-19-10-16(4-7-22(19)27-26-14)23(30)29-9-8-28-12-17(2-5-18(28)13-29)15-3-6-21(25)20(24)11-15/h3-4,6-7,10-11,17-18H,2,5,8-9,12-13H2,1H3,(H,26,27)/t17-,18+/m1/s1. The fourth-order valence-electron chi connectivity index (χ4n) is 4.86. The first-order valence-electron chi connectivity index (χ1n) is 10.4. The van der Waals surface area contributed by atoms with Gasteiger partial charge in [0, 0.05) is 43.2 Å². The lowest BCUT2D eigenvalue weighted by atomic mass is 9.86. The SMILES string of the molecule is Cc1n[nH]c2ccc(C(=O)N3CCN4C[C@H](c5ccc(F)c(Cl)c5)CC[C@H]4C3)cc12. The van der Waals surface area contributed by atoms with Gasteiger partial charge in [0.2, 0.25) is 0 Å². The van der Waals surface area contributed by atoms with Gasteiger partial charge < -0.3 is 4.90 Å². The summed E-state index contributed by atoms with van der Waals surface area (Å²) in [5.41, 5.74) is 3.68. The maximum absolute atomic E-state index is 13.5. The highest BCUT2D eigenvalue weighted by Crippen LogP contribution is 2.33. The summed E-state index contributed by atoms with van der Waals surface area (Å²) in [6.45, 7) is 5.19. The van der Waals surface area contributed by atoms with E-state index in [1.54, 1.807) is 6.07 Å². The van der Waals surface area contributed by atoms with Crippen LogP contribution >= 0.6 is 11.6 Å². The Balaban J connectivity index is 1.27. The summed E-state index contributed by atoms with van der Waals surface area (Å²) in [4.78, 5) is 17.6. The maximum Gasteiger partial charge on any atom is 0.253 e. The highest BCUT2D eigenvalue weighted by molar-refractivity contribution is 6.30. The molecule has 156 valence electrons. The second-order valence-corrected chi connectivity index (χ2v) is 8.82. The van der Waals surface area contributed by atoms with Crippen molar-refractivity contribution in [1.29, 1.82) is 0 Å². The molecule has 0 radical (unpaired) electrons. The molecule has 2 aromatic carbocycles. The number of benzene rings is 2. The summed E-state index contributed by atoms with van der Waals surface area (Å²) < 4.78 is 13.5. The molecule has 5 rings (SSSR count). The van der Waals surface area contributed by atoms with Gasteiger partial charge in [0.25, 0.3) is 5.91 Å². The van der Waals surface area contributed by atoms with Gasteiger partial charge in [0.15, 0.2) is 0 Å². The van der Waals surface area contributed by atoms with E-state index in [-0.39, 0.29) is 16.7 Å². The number of piperidine rings is 1. The summed E-state index contributed by atoms with van der Waals surface area (Å²) in [5.74, 6) is 0.0719. The molecule has 2 atom stereocenters. The van der Waals surface area contributed by atoms with Crippen molar-refractivity contribution in [2.24, 2.45) is 0 Å². The summed E-state index contributed by atoms with van der Waals surface area (Å²) in [7, 11) is 0. The van der Waals surface area contributed by atoms with Crippen molar-refractivity contribution < 1.29 is 9.18 Å². The number of amides is 1. The van der Waals surface area contributed by atoms with Gasteiger partial charge in [-0.2, -0.15) is 5.10 Å². The molecule has 1 amide bonds. The lowest BCUT2D eigenvalue weighted by molar-refractivity contribution is 0.0329. The van der Waals surface area contributed by atoms with Crippen molar-refractivity contribution in [2.75, 3.05) is 26.2 Å². The van der Waals surface area contributed by atoms with Gasteiger partial charge in [-0.25, -0.2) is 4.39 Å². The summed E-state index contributed by atoms with van der Waals surface area (Å²) in [6.07, 6.45) is 2.04. The lowest BCUT2D eigenvalue weighted by Gasteiger charge is -2.46. The van der Waals surface area contributed by atoms with Crippen LogP contribution in [0.5, 0.6) is 0 Å². The van der Waals surface area contributed by atoms with Crippen LogP contribution in [0, 0.1) is 12.7 Å². The first kappa shape index (κ1) is 19.5. The number of fused-ring (bicyclic) bond motifs is 2. The topological polar surface area (TPSA) is 52.2 Å². The molecule has 0 aliphatic carbocycles. The van der Waals surface area contributed by atoms with Crippen molar-refractivity contribution in [3.05, 3.63) is 64.1 Å². The number of hydrogen-bond donors (Lipinski definition) is 1. The molecule has 3 aromatic rings. The average molecular weight is 427 g/mol. The van der Waals surface area contributed by atoms with E-state index < -0.39 is 0 Å². The number of H-pyrrole nitrogens is 1. The molecule has 0 spiro atoms. The van der Waals surface area contributed by atoms with Gasteiger partial charge in [-0.1, -0.05) is 17.7 Å². The summed E-state index contributed by atoms with van der Waals surface area (Å²) in [5, 5.41) is 8.39. The van der Waals surface area contributed by atoms with Gasteiger partial charge in [0.05, 0.1) is 16.2 Å². The third-order valence-electron chi connectivity index (χ3n) is 6.61. The van der Waals surface area contributed by atoms with Crippen LogP contribution < -0.4 is 0 Å². The van der Waals surface area contributed by atoms with E-state index >= 15 is 0 Å². The van der Waals surface area contributed by atoms with E-state index in [4.69, 9.17) is 11.6 Å². The van der Waals surface area contributed by atoms with Crippen LogP contribution in [0.4, 0.5) is 4.39 Å².